The van der Waals surface area contributed by atoms with Crippen LogP contribution < -0.4 is 5.32 Å². The average molecular weight is 398 g/mol. The molecule has 3 heterocycles. The molecule has 4 rings (SSSR count). The Morgan fingerprint density at radius 2 is 2.00 bits per heavy atom. The molecule has 6 nitrogen and oxygen atoms in total. The number of carbonyl (C=O) groups is 1. The van der Waals surface area contributed by atoms with Gasteiger partial charge in [0.05, 0.1) is 17.8 Å². The number of benzene rings is 1. The first-order valence-corrected chi connectivity index (χ1v) is 9.67. The van der Waals surface area contributed by atoms with Gasteiger partial charge < -0.3 is 9.72 Å². The number of anilines is 1. The van der Waals surface area contributed by atoms with Crippen molar-refractivity contribution in [2.24, 2.45) is 0 Å². The van der Waals surface area contributed by atoms with Gasteiger partial charge >= 0.3 is 0 Å². The number of aromatic nitrogens is 4. The Morgan fingerprint density at radius 1 is 1.19 bits per heavy atom. The highest BCUT2D eigenvalue weighted by Gasteiger charge is 2.18. The number of imidazole rings is 1. The Hall–Kier alpha value is -2.77. The molecular formula is C19H16ClN5OS. The van der Waals surface area contributed by atoms with Gasteiger partial charge in [0, 0.05) is 16.8 Å². The van der Waals surface area contributed by atoms with Crippen LogP contribution in [0, 0.1) is 0 Å². The second kappa shape index (κ2) is 7.46. The van der Waals surface area contributed by atoms with E-state index in [9.17, 15) is 4.79 Å². The number of rotatable bonds is 5. The lowest BCUT2D eigenvalue weighted by Crippen LogP contribution is -2.16. The number of hydrogen-bond acceptors (Lipinski definition) is 5. The Kier molecular flexibility index (Phi) is 4.87. The molecule has 0 saturated carbocycles. The van der Waals surface area contributed by atoms with Crippen LogP contribution in [0.15, 0.2) is 48.7 Å². The molecule has 27 heavy (non-hydrogen) atoms. The van der Waals surface area contributed by atoms with Gasteiger partial charge in [-0.05, 0) is 30.7 Å². The summed E-state index contributed by atoms with van der Waals surface area (Å²) in [4.78, 5) is 17.3. The van der Waals surface area contributed by atoms with Crippen molar-refractivity contribution in [3.63, 3.8) is 0 Å². The van der Waals surface area contributed by atoms with Crippen molar-refractivity contribution in [3.8, 4) is 11.3 Å². The zero-order valence-electron chi connectivity index (χ0n) is 14.5. The van der Waals surface area contributed by atoms with E-state index in [1.54, 1.807) is 0 Å². The lowest BCUT2D eigenvalue weighted by Gasteiger charge is -2.05. The first-order valence-electron chi connectivity index (χ1n) is 8.48. The highest BCUT2D eigenvalue weighted by atomic mass is 35.5. The maximum absolute atomic E-state index is 12.6. The largest absolute Gasteiger partial charge is 0.303 e. The Bertz CT molecular complexity index is 1100. The zero-order valence-corrected chi connectivity index (χ0v) is 16.1. The molecule has 0 fully saturated rings. The average Bonchev–Trinajstić information content (AvgIpc) is 3.27. The number of aryl methyl sites for hydroxylation is 1. The van der Waals surface area contributed by atoms with Crippen molar-refractivity contribution in [1.29, 1.82) is 0 Å². The monoisotopic (exact) mass is 397 g/mol. The van der Waals surface area contributed by atoms with E-state index >= 15 is 0 Å². The first-order chi connectivity index (χ1) is 13.1. The number of hydrogen-bond donors (Lipinski definition) is 1. The van der Waals surface area contributed by atoms with Crippen LogP contribution in [-0.2, 0) is 17.6 Å². The van der Waals surface area contributed by atoms with E-state index in [4.69, 9.17) is 16.6 Å². The van der Waals surface area contributed by atoms with Crippen molar-refractivity contribution in [1.82, 2.24) is 19.6 Å². The van der Waals surface area contributed by atoms with Crippen LogP contribution >= 0.6 is 22.9 Å². The predicted octanol–water partition coefficient (Wildman–Crippen LogP) is 4.25. The molecule has 4 aromatic rings. The molecule has 8 heteroatoms. The molecule has 0 aliphatic carbocycles. The lowest BCUT2D eigenvalue weighted by atomic mass is 10.1. The van der Waals surface area contributed by atoms with E-state index in [-0.39, 0.29) is 12.3 Å². The lowest BCUT2D eigenvalue weighted by molar-refractivity contribution is -0.115. The topological polar surface area (TPSA) is 72.2 Å². The number of nitrogens with one attached hydrogen (secondary N) is 1. The van der Waals surface area contributed by atoms with E-state index in [0.29, 0.717) is 10.2 Å². The summed E-state index contributed by atoms with van der Waals surface area (Å²) < 4.78 is 1.93. The van der Waals surface area contributed by atoms with Gasteiger partial charge in [-0.1, -0.05) is 48.1 Å². The highest BCUT2D eigenvalue weighted by molar-refractivity contribution is 7.15. The summed E-state index contributed by atoms with van der Waals surface area (Å²) in [5.74, 6) is -0.158. The predicted molar refractivity (Wildman–Crippen MR) is 107 cm³/mol. The third-order valence-corrected chi connectivity index (χ3v) is 5.33. The summed E-state index contributed by atoms with van der Waals surface area (Å²) in [6.45, 7) is 2.00. The number of pyridine rings is 1. The van der Waals surface area contributed by atoms with Gasteiger partial charge in [0.2, 0.25) is 11.0 Å². The maximum Gasteiger partial charge on any atom is 0.232 e. The highest BCUT2D eigenvalue weighted by Crippen LogP contribution is 2.26. The molecule has 3 aromatic heterocycles. The summed E-state index contributed by atoms with van der Waals surface area (Å²) >= 11 is 7.39. The third kappa shape index (κ3) is 3.70. The Balaban J connectivity index is 1.68. The Morgan fingerprint density at radius 3 is 2.74 bits per heavy atom. The molecule has 0 aliphatic heterocycles. The minimum atomic E-state index is -0.158. The van der Waals surface area contributed by atoms with Crippen LogP contribution in [-0.4, -0.2) is 25.5 Å². The summed E-state index contributed by atoms with van der Waals surface area (Å²) in [6, 6.07) is 13.2. The van der Waals surface area contributed by atoms with E-state index < -0.39 is 0 Å². The fourth-order valence-corrected chi connectivity index (χ4v) is 3.64. The van der Waals surface area contributed by atoms with Gasteiger partial charge in [0.1, 0.15) is 10.7 Å². The van der Waals surface area contributed by atoms with Crippen LogP contribution in [0.4, 0.5) is 5.13 Å². The molecule has 136 valence electrons. The molecule has 0 atom stereocenters. The molecule has 1 N–H and O–H groups in total. The second-order valence-corrected chi connectivity index (χ2v) is 7.42. The number of fused-ring (bicyclic) bond motifs is 1. The standard InChI is InChI=1S/C19H16ClN5OS/c1-2-17-23-24-19(27-17)22-16(26)11-14-18(12-6-8-13(20)9-7-12)21-15-5-3-4-10-25(14)15/h3-10H,2,11H2,1H3,(H,22,24,26). The maximum atomic E-state index is 12.6. The molecule has 0 aliphatic rings. The molecule has 1 amide bonds. The van der Waals surface area contributed by atoms with Crippen LogP contribution in [0.5, 0.6) is 0 Å². The van der Waals surface area contributed by atoms with Crippen molar-refractivity contribution in [3.05, 3.63) is 64.4 Å². The van der Waals surface area contributed by atoms with E-state index in [1.807, 2.05) is 60.0 Å². The van der Waals surface area contributed by atoms with Gasteiger partial charge in [0.15, 0.2) is 0 Å². The summed E-state index contributed by atoms with van der Waals surface area (Å²) in [5, 5.41) is 12.9. The Labute approximate surface area is 164 Å². The van der Waals surface area contributed by atoms with Gasteiger partial charge in [-0.25, -0.2) is 4.98 Å². The fraction of sp³-hybridized carbons (Fsp3) is 0.158. The molecule has 1 aromatic carbocycles. The molecule has 0 saturated heterocycles. The molecule has 0 bridgehead atoms. The number of carbonyl (C=O) groups excluding carboxylic acids is 1. The van der Waals surface area contributed by atoms with E-state index in [0.717, 1.165) is 34.0 Å². The molecule has 0 unspecified atom stereocenters. The number of nitrogens with zero attached hydrogens (tertiary/aromatic N) is 4. The quantitative estimate of drug-likeness (QED) is 0.546. The summed E-state index contributed by atoms with van der Waals surface area (Å²) in [6.07, 6.45) is 2.87. The normalized spacial score (nSPS) is 11.0. The van der Waals surface area contributed by atoms with Crippen molar-refractivity contribution in [2.45, 2.75) is 19.8 Å². The van der Waals surface area contributed by atoms with Crippen LogP contribution in [0.2, 0.25) is 5.02 Å². The minimum Gasteiger partial charge on any atom is -0.303 e. The zero-order chi connectivity index (χ0) is 18.8. The minimum absolute atomic E-state index is 0.158. The number of halogens is 1. The SMILES string of the molecule is CCc1nnc(NC(=O)Cc2c(-c3ccc(Cl)cc3)nc3ccccn23)s1. The van der Waals surface area contributed by atoms with E-state index in [1.165, 1.54) is 11.3 Å². The third-order valence-electron chi connectivity index (χ3n) is 4.09. The van der Waals surface area contributed by atoms with Crippen LogP contribution in [0.1, 0.15) is 17.6 Å². The summed E-state index contributed by atoms with van der Waals surface area (Å²) in [5.41, 5.74) is 3.27. The first kappa shape index (κ1) is 17.6. The fourth-order valence-electron chi connectivity index (χ4n) is 2.82. The number of amides is 1. The van der Waals surface area contributed by atoms with Crippen molar-refractivity contribution in [2.75, 3.05) is 5.32 Å². The van der Waals surface area contributed by atoms with Gasteiger partial charge in [0.25, 0.3) is 0 Å². The molecular weight excluding hydrogens is 382 g/mol. The van der Waals surface area contributed by atoms with E-state index in [2.05, 4.69) is 15.5 Å². The second-order valence-electron chi connectivity index (χ2n) is 5.92. The van der Waals surface area contributed by atoms with Crippen LogP contribution in [0.25, 0.3) is 16.9 Å². The van der Waals surface area contributed by atoms with Gasteiger partial charge in [-0.2, -0.15) is 0 Å². The summed E-state index contributed by atoms with van der Waals surface area (Å²) in [7, 11) is 0. The van der Waals surface area contributed by atoms with Gasteiger partial charge in [-0.15, -0.1) is 10.2 Å². The van der Waals surface area contributed by atoms with Crippen LogP contribution in [0.3, 0.4) is 0 Å². The molecule has 0 radical (unpaired) electrons. The van der Waals surface area contributed by atoms with Crippen molar-refractivity contribution < 1.29 is 4.79 Å². The van der Waals surface area contributed by atoms with Gasteiger partial charge in [-0.3, -0.25) is 4.79 Å². The smallest absolute Gasteiger partial charge is 0.232 e. The van der Waals surface area contributed by atoms with Crippen molar-refractivity contribution >= 4 is 39.6 Å². The molecule has 0 spiro atoms.